The lowest BCUT2D eigenvalue weighted by Crippen LogP contribution is -2.42. The second-order valence-corrected chi connectivity index (χ2v) is 9.35. The Bertz CT molecular complexity index is 1340. The van der Waals surface area contributed by atoms with E-state index in [1.807, 2.05) is 12.1 Å². The van der Waals surface area contributed by atoms with Crippen molar-refractivity contribution in [3.63, 3.8) is 0 Å². The van der Waals surface area contributed by atoms with Gasteiger partial charge in [-0.2, -0.15) is 0 Å². The van der Waals surface area contributed by atoms with Gasteiger partial charge in [0.2, 0.25) is 0 Å². The van der Waals surface area contributed by atoms with Crippen molar-refractivity contribution in [3.05, 3.63) is 71.1 Å². The summed E-state index contributed by atoms with van der Waals surface area (Å²) in [6.07, 6.45) is 0.822. The van der Waals surface area contributed by atoms with Crippen molar-refractivity contribution in [2.24, 2.45) is 5.73 Å². The van der Waals surface area contributed by atoms with Gasteiger partial charge in [-0.25, -0.2) is 18.2 Å². The molecule has 2 aromatic carbocycles. The molecule has 1 aliphatic rings. The molecule has 4 aromatic rings. The summed E-state index contributed by atoms with van der Waals surface area (Å²) >= 11 is 1.49. The van der Waals surface area contributed by atoms with Gasteiger partial charge in [-0.15, -0.1) is 11.3 Å². The van der Waals surface area contributed by atoms with Crippen LogP contribution < -0.4 is 5.73 Å². The molecule has 0 spiro atoms. The standard InChI is InChI=1S/C25H21F3N4OS/c26-18-4-1-15(2-5-18)19-11-17(12-21-23(19)34-22(13-29)31-21)20-6-3-16(14-30-20)24(33)32-9-7-25(27,28)8-10-32/h1-6,11-12,14H,7-10,13,29H2. The largest absolute Gasteiger partial charge is 0.338 e. The van der Waals surface area contributed by atoms with Crippen molar-refractivity contribution < 1.29 is 18.0 Å². The smallest absolute Gasteiger partial charge is 0.255 e. The molecular weight excluding hydrogens is 461 g/mol. The van der Waals surface area contributed by atoms with Crippen molar-refractivity contribution in [3.8, 4) is 22.4 Å². The molecule has 9 heteroatoms. The van der Waals surface area contributed by atoms with Crippen LogP contribution in [0.4, 0.5) is 13.2 Å². The topological polar surface area (TPSA) is 72.1 Å². The number of rotatable bonds is 4. The number of alkyl halides is 2. The van der Waals surface area contributed by atoms with Crippen molar-refractivity contribution in [2.75, 3.05) is 13.1 Å². The van der Waals surface area contributed by atoms with Gasteiger partial charge < -0.3 is 10.6 Å². The summed E-state index contributed by atoms with van der Waals surface area (Å²) < 4.78 is 41.3. The molecule has 174 valence electrons. The van der Waals surface area contributed by atoms with Crippen molar-refractivity contribution in [1.29, 1.82) is 0 Å². The van der Waals surface area contributed by atoms with E-state index < -0.39 is 5.92 Å². The minimum atomic E-state index is -2.71. The molecule has 0 unspecified atom stereocenters. The third-order valence-corrected chi connectivity index (χ3v) is 7.08. The molecule has 0 aliphatic carbocycles. The molecule has 1 saturated heterocycles. The Kier molecular flexibility index (Phi) is 5.83. The van der Waals surface area contributed by atoms with E-state index in [1.54, 1.807) is 24.3 Å². The van der Waals surface area contributed by atoms with Gasteiger partial charge in [0.05, 0.1) is 21.5 Å². The summed E-state index contributed by atoms with van der Waals surface area (Å²) in [7, 11) is 0. The fraction of sp³-hybridized carbons (Fsp3) is 0.240. The Morgan fingerprint density at radius 2 is 1.79 bits per heavy atom. The number of piperidine rings is 1. The lowest BCUT2D eigenvalue weighted by atomic mass is 10.00. The first-order valence-corrected chi connectivity index (χ1v) is 11.7. The van der Waals surface area contributed by atoms with Gasteiger partial charge in [0, 0.05) is 49.8 Å². The normalized spacial score (nSPS) is 15.6. The molecule has 2 aromatic heterocycles. The first-order valence-electron chi connectivity index (χ1n) is 10.9. The van der Waals surface area contributed by atoms with Gasteiger partial charge in [-0.1, -0.05) is 12.1 Å². The van der Waals surface area contributed by atoms with Gasteiger partial charge in [0.1, 0.15) is 10.8 Å². The number of nitrogens with two attached hydrogens (primary N) is 1. The Labute approximate surface area is 198 Å². The number of halogens is 3. The lowest BCUT2D eigenvalue weighted by molar-refractivity contribution is -0.0494. The first-order chi connectivity index (χ1) is 16.3. The van der Waals surface area contributed by atoms with E-state index in [-0.39, 0.29) is 37.7 Å². The van der Waals surface area contributed by atoms with Crippen LogP contribution in [-0.4, -0.2) is 39.8 Å². The van der Waals surface area contributed by atoms with Crippen LogP contribution in [-0.2, 0) is 6.54 Å². The van der Waals surface area contributed by atoms with Gasteiger partial charge in [0.25, 0.3) is 11.8 Å². The zero-order valence-electron chi connectivity index (χ0n) is 18.1. The number of carbonyl (C=O) groups is 1. The number of hydrogen-bond donors (Lipinski definition) is 1. The minimum Gasteiger partial charge on any atom is -0.338 e. The summed E-state index contributed by atoms with van der Waals surface area (Å²) in [5.41, 5.74) is 10.1. The molecular formula is C25H21F3N4OS. The van der Waals surface area contributed by atoms with Crippen molar-refractivity contribution in [2.45, 2.75) is 25.3 Å². The van der Waals surface area contributed by atoms with E-state index in [0.717, 1.165) is 31.9 Å². The average molecular weight is 483 g/mol. The number of carbonyl (C=O) groups excluding carboxylic acids is 1. The number of pyridine rings is 1. The number of thiazole rings is 1. The third-order valence-electron chi connectivity index (χ3n) is 5.95. The number of hydrogen-bond acceptors (Lipinski definition) is 5. The molecule has 1 fully saturated rings. The maximum atomic E-state index is 13.5. The van der Waals surface area contributed by atoms with Crippen LogP contribution in [0.3, 0.4) is 0 Å². The van der Waals surface area contributed by atoms with Gasteiger partial charge >= 0.3 is 0 Å². The zero-order chi connectivity index (χ0) is 23.9. The Hall–Kier alpha value is -3.30. The predicted octanol–water partition coefficient (Wildman–Crippen LogP) is 5.49. The highest BCUT2D eigenvalue weighted by molar-refractivity contribution is 7.19. The van der Waals surface area contributed by atoms with Gasteiger partial charge in [-0.05, 0) is 42.0 Å². The molecule has 0 atom stereocenters. The first kappa shape index (κ1) is 22.5. The average Bonchev–Trinajstić information content (AvgIpc) is 3.27. The number of amides is 1. The minimum absolute atomic E-state index is 0.0264. The third kappa shape index (κ3) is 4.41. The maximum Gasteiger partial charge on any atom is 0.255 e. The summed E-state index contributed by atoms with van der Waals surface area (Å²) in [6.45, 7) is 0.367. The molecule has 2 N–H and O–H groups in total. The van der Waals surface area contributed by atoms with E-state index in [4.69, 9.17) is 5.73 Å². The molecule has 34 heavy (non-hydrogen) atoms. The Morgan fingerprint density at radius 3 is 2.44 bits per heavy atom. The number of fused-ring (bicyclic) bond motifs is 1. The van der Waals surface area contributed by atoms with Crippen molar-refractivity contribution in [1.82, 2.24) is 14.9 Å². The van der Waals surface area contributed by atoms with E-state index in [0.29, 0.717) is 17.8 Å². The quantitative estimate of drug-likeness (QED) is 0.417. The summed E-state index contributed by atoms with van der Waals surface area (Å²) in [5.74, 6) is -3.33. The monoisotopic (exact) mass is 482 g/mol. The van der Waals surface area contributed by atoms with Crippen LogP contribution in [0.25, 0.3) is 32.6 Å². The molecule has 5 rings (SSSR count). The summed E-state index contributed by atoms with van der Waals surface area (Å²) in [5, 5.41) is 0.788. The number of benzene rings is 2. The SMILES string of the molecule is NCc1nc2cc(-c3ccc(C(=O)N4CCC(F)(F)CC4)cn3)cc(-c3ccc(F)cc3)c2s1. The molecule has 3 heterocycles. The van der Waals surface area contributed by atoms with Crippen LogP contribution in [0.1, 0.15) is 28.2 Å². The lowest BCUT2D eigenvalue weighted by Gasteiger charge is -2.31. The van der Waals surface area contributed by atoms with Crippen LogP contribution in [0, 0.1) is 5.82 Å². The molecule has 0 saturated carbocycles. The predicted molar refractivity (Wildman–Crippen MR) is 126 cm³/mol. The number of nitrogens with zero attached hydrogens (tertiary/aromatic N) is 3. The zero-order valence-corrected chi connectivity index (χ0v) is 18.9. The summed E-state index contributed by atoms with van der Waals surface area (Å²) in [4.78, 5) is 23.2. The maximum absolute atomic E-state index is 13.5. The summed E-state index contributed by atoms with van der Waals surface area (Å²) in [6, 6.07) is 13.5. The second kappa shape index (κ2) is 8.81. The van der Waals surface area contributed by atoms with Crippen LogP contribution in [0.2, 0.25) is 0 Å². The Balaban J connectivity index is 1.48. The Morgan fingerprint density at radius 1 is 1.06 bits per heavy atom. The fourth-order valence-corrected chi connectivity index (χ4v) is 5.03. The van der Waals surface area contributed by atoms with E-state index in [2.05, 4.69) is 9.97 Å². The van der Waals surface area contributed by atoms with Crippen LogP contribution >= 0.6 is 11.3 Å². The molecule has 5 nitrogen and oxygen atoms in total. The van der Waals surface area contributed by atoms with E-state index >= 15 is 0 Å². The second-order valence-electron chi connectivity index (χ2n) is 8.27. The van der Waals surface area contributed by atoms with E-state index in [9.17, 15) is 18.0 Å². The molecule has 1 aliphatic heterocycles. The molecule has 0 radical (unpaired) electrons. The highest BCUT2D eigenvalue weighted by Gasteiger charge is 2.35. The number of likely N-dealkylation sites (tertiary alicyclic amines) is 1. The highest BCUT2D eigenvalue weighted by atomic mass is 32.1. The van der Waals surface area contributed by atoms with Gasteiger partial charge in [-0.3, -0.25) is 9.78 Å². The van der Waals surface area contributed by atoms with Gasteiger partial charge in [0.15, 0.2) is 0 Å². The van der Waals surface area contributed by atoms with Crippen LogP contribution in [0.5, 0.6) is 0 Å². The fourth-order valence-electron chi connectivity index (χ4n) is 4.07. The highest BCUT2D eigenvalue weighted by Crippen LogP contribution is 2.37. The molecule has 1 amide bonds. The van der Waals surface area contributed by atoms with Crippen LogP contribution in [0.15, 0.2) is 54.7 Å². The van der Waals surface area contributed by atoms with E-state index in [1.165, 1.54) is 34.6 Å². The number of aromatic nitrogens is 2. The molecule has 0 bridgehead atoms. The van der Waals surface area contributed by atoms with Crippen molar-refractivity contribution >= 4 is 27.5 Å².